The smallest absolute Gasteiger partial charge is 0.139 e. The van der Waals surface area contributed by atoms with Crippen molar-refractivity contribution in [1.82, 2.24) is 0 Å². The van der Waals surface area contributed by atoms with Gasteiger partial charge in [0.1, 0.15) is 5.82 Å². The zero-order chi connectivity index (χ0) is 9.30. The molecule has 0 aliphatic rings. The molecule has 1 aromatic carbocycles. The lowest BCUT2D eigenvalue weighted by atomic mass is 10.1. The molecule has 1 aromatic rings. The molecule has 4 heteroatoms. The van der Waals surface area contributed by atoms with Crippen molar-refractivity contribution in [3.05, 3.63) is 33.0 Å². The summed E-state index contributed by atoms with van der Waals surface area (Å²) in [5, 5.41) is 9.48. The van der Waals surface area contributed by atoms with Crippen molar-refractivity contribution in [2.75, 3.05) is 0 Å². The highest BCUT2D eigenvalue weighted by Gasteiger charge is 2.11. The van der Waals surface area contributed by atoms with Crippen LogP contribution >= 0.6 is 27.5 Å². The fourth-order valence-electron chi connectivity index (χ4n) is 0.880. The molecule has 1 atom stereocenters. The Morgan fingerprint density at radius 2 is 2.17 bits per heavy atom. The number of halogens is 3. The molecule has 0 saturated heterocycles. The molecule has 0 fully saturated rings. The normalized spacial score (nSPS) is 13.1. The van der Waals surface area contributed by atoms with Gasteiger partial charge in [-0.05, 0) is 40.5 Å². The third-order valence-corrected chi connectivity index (χ3v) is 2.53. The molecule has 1 N–H and O–H groups in total. The third-order valence-electron chi connectivity index (χ3n) is 1.47. The summed E-state index contributed by atoms with van der Waals surface area (Å²) >= 11 is 8.62. The van der Waals surface area contributed by atoms with Crippen LogP contribution in [-0.2, 0) is 0 Å². The summed E-state index contributed by atoms with van der Waals surface area (Å²) in [5.74, 6) is -0.460. The Hall–Kier alpha value is -0.120. The predicted octanol–water partition coefficient (Wildman–Crippen LogP) is 3.29. The summed E-state index contributed by atoms with van der Waals surface area (Å²) < 4.78 is 13.2. The summed E-state index contributed by atoms with van der Waals surface area (Å²) in [6.07, 6.45) is -0.729. The van der Waals surface area contributed by atoms with Crippen LogP contribution in [0.5, 0.6) is 0 Å². The SMILES string of the molecule is CC(O)c1cc(Cl)cc(F)c1Br. The quantitative estimate of drug-likeness (QED) is 0.762. The first-order chi connectivity index (χ1) is 5.52. The van der Waals surface area contributed by atoms with Crippen molar-refractivity contribution in [1.29, 1.82) is 0 Å². The van der Waals surface area contributed by atoms with Gasteiger partial charge in [0.25, 0.3) is 0 Å². The van der Waals surface area contributed by atoms with Gasteiger partial charge in [-0.1, -0.05) is 11.6 Å². The van der Waals surface area contributed by atoms with Crippen LogP contribution in [-0.4, -0.2) is 5.11 Å². The maximum absolute atomic E-state index is 13.0. The van der Waals surface area contributed by atoms with E-state index in [1.807, 2.05) is 0 Å². The topological polar surface area (TPSA) is 20.2 Å². The highest BCUT2D eigenvalue weighted by Crippen LogP contribution is 2.29. The summed E-state index contributed by atoms with van der Waals surface area (Å²) in [6.45, 7) is 1.55. The van der Waals surface area contributed by atoms with Crippen molar-refractivity contribution in [3.8, 4) is 0 Å². The van der Waals surface area contributed by atoms with E-state index in [4.69, 9.17) is 11.6 Å². The summed E-state index contributed by atoms with van der Waals surface area (Å²) in [4.78, 5) is 0. The van der Waals surface area contributed by atoms with Gasteiger partial charge >= 0.3 is 0 Å². The molecular formula is C8H7BrClFO. The van der Waals surface area contributed by atoms with Crippen LogP contribution in [0.25, 0.3) is 0 Å². The fraction of sp³-hybridized carbons (Fsp3) is 0.250. The summed E-state index contributed by atoms with van der Waals surface area (Å²) in [7, 11) is 0. The Labute approximate surface area is 83.3 Å². The van der Waals surface area contributed by atoms with Crippen LogP contribution in [0.1, 0.15) is 18.6 Å². The third kappa shape index (κ3) is 1.97. The maximum Gasteiger partial charge on any atom is 0.139 e. The van der Waals surface area contributed by atoms with E-state index in [9.17, 15) is 9.50 Å². The number of hydrogen-bond acceptors (Lipinski definition) is 1. The lowest BCUT2D eigenvalue weighted by molar-refractivity contribution is 0.198. The molecule has 12 heavy (non-hydrogen) atoms. The molecule has 0 heterocycles. The molecule has 0 aliphatic heterocycles. The average Bonchev–Trinajstić information content (AvgIpc) is 1.96. The molecular weight excluding hydrogens is 246 g/mol. The number of hydrogen-bond donors (Lipinski definition) is 1. The van der Waals surface area contributed by atoms with Crippen molar-refractivity contribution in [2.24, 2.45) is 0 Å². The van der Waals surface area contributed by atoms with E-state index in [2.05, 4.69) is 15.9 Å². The fourth-order valence-corrected chi connectivity index (χ4v) is 1.65. The van der Waals surface area contributed by atoms with Gasteiger partial charge in [-0.25, -0.2) is 4.39 Å². The summed E-state index contributed by atoms with van der Waals surface area (Å²) in [5.41, 5.74) is 0.458. The minimum Gasteiger partial charge on any atom is -0.389 e. The van der Waals surface area contributed by atoms with Crippen molar-refractivity contribution >= 4 is 27.5 Å². The van der Waals surface area contributed by atoms with Gasteiger partial charge < -0.3 is 5.11 Å². The van der Waals surface area contributed by atoms with Gasteiger partial charge in [0.15, 0.2) is 0 Å². The minimum absolute atomic E-state index is 0.266. The van der Waals surface area contributed by atoms with E-state index in [1.54, 1.807) is 6.92 Å². The van der Waals surface area contributed by atoms with Gasteiger partial charge in [0, 0.05) is 5.02 Å². The molecule has 0 aromatic heterocycles. The highest BCUT2D eigenvalue weighted by molar-refractivity contribution is 9.10. The summed E-state index contributed by atoms with van der Waals surface area (Å²) in [6, 6.07) is 2.72. The molecule has 0 bridgehead atoms. The van der Waals surface area contributed by atoms with Crippen LogP contribution in [0.3, 0.4) is 0 Å². The molecule has 0 saturated carbocycles. The largest absolute Gasteiger partial charge is 0.389 e. The molecule has 0 spiro atoms. The number of aliphatic hydroxyl groups is 1. The average molecular weight is 253 g/mol. The van der Waals surface area contributed by atoms with Crippen LogP contribution in [0, 0.1) is 5.82 Å². The van der Waals surface area contributed by atoms with E-state index in [0.29, 0.717) is 5.56 Å². The van der Waals surface area contributed by atoms with Crippen LogP contribution < -0.4 is 0 Å². The lowest BCUT2D eigenvalue weighted by Gasteiger charge is -2.08. The van der Waals surface area contributed by atoms with E-state index in [0.717, 1.165) is 0 Å². The van der Waals surface area contributed by atoms with Gasteiger partial charge in [0.2, 0.25) is 0 Å². The maximum atomic E-state index is 13.0. The van der Waals surface area contributed by atoms with Crippen molar-refractivity contribution < 1.29 is 9.50 Å². The first kappa shape index (κ1) is 9.96. The molecule has 0 radical (unpaired) electrons. The Morgan fingerprint density at radius 1 is 1.58 bits per heavy atom. The van der Waals surface area contributed by atoms with E-state index in [1.165, 1.54) is 12.1 Å². The van der Waals surface area contributed by atoms with Crippen molar-refractivity contribution in [2.45, 2.75) is 13.0 Å². The first-order valence-corrected chi connectivity index (χ1v) is 4.52. The molecule has 66 valence electrons. The number of rotatable bonds is 1. The molecule has 0 aliphatic carbocycles. The second-order valence-electron chi connectivity index (χ2n) is 2.47. The van der Waals surface area contributed by atoms with Gasteiger partial charge in [-0.2, -0.15) is 0 Å². The van der Waals surface area contributed by atoms with Crippen molar-refractivity contribution in [3.63, 3.8) is 0 Å². The molecule has 0 amide bonds. The Kier molecular flexibility index (Phi) is 3.09. The lowest BCUT2D eigenvalue weighted by Crippen LogP contribution is -1.94. The Balaban J connectivity index is 3.28. The second-order valence-corrected chi connectivity index (χ2v) is 3.70. The Bertz CT molecular complexity index is 301. The standard InChI is InChI=1S/C8H7BrClFO/c1-4(12)6-2-5(10)3-7(11)8(6)9/h2-4,12H,1H3. The van der Waals surface area contributed by atoms with E-state index in [-0.39, 0.29) is 9.50 Å². The van der Waals surface area contributed by atoms with Crippen LogP contribution in [0.4, 0.5) is 4.39 Å². The van der Waals surface area contributed by atoms with E-state index < -0.39 is 11.9 Å². The Morgan fingerprint density at radius 3 is 2.67 bits per heavy atom. The van der Waals surface area contributed by atoms with Gasteiger partial charge in [-0.15, -0.1) is 0 Å². The zero-order valence-corrected chi connectivity index (χ0v) is 8.66. The monoisotopic (exact) mass is 252 g/mol. The predicted molar refractivity (Wildman–Crippen MR) is 49.7 cm³/mol. The molecule has 1 unspecified atom stereocenters. The number of aliphatic hydroxyl groups excluding tert-OH is 1. The van der Waals surface area contributed by atoms with Gasteiger partial charge in [-0.3, -0.25) is 0 Å². The molecule has 1 rings (SSSR count). The number of benzene rings is 1. The van der Waals surface area contributed by atoms with E-state index >= 15 is 0 Å². The van der Waals surface area contributed by atoms with Gasteiger partial charge in [0.05, 0.1) is 10.6 Å². The minimum atomic E-state index is -0.729. The highest BCUT2D eigenvalue weighted by atomic mass is 79.9. The second kappa shape index (κ2) is 3.73. The molecule has 1 nitrogen and oxygen atoms in total. The first-order valence-electron chi connectivity index (χ1n) is 3.35. The van der Waals surface area contributed by atoms with Crippen LogP contribution in [0.2, 0.25) is 5.02 Å². The zero-order valence-electron chi connectivity index (χ0n) is 6.31. The van der Waals surface area contributed by atoms with Crippen LogP contribution in [0.15, 0.2) is 16.6 Å².